The predicted octanol–water partition coefficient (Wildman–Crippen LogP) is 2.27. The van der Waals surface area contributed by atoms with Crippen molar-refractivity contribution in [2.75, 3.05) is 25.0 Å². The Balaban J connectivity index is 1.57. The second-order valence-electron chi connectivity index (χ2n) is 7.88. The molecule has 0 spiro atoms. The van der Waals surface area contributed by atoms with Crippen LogP contribution in [-0.2, 0) is 7.05 Å². The van der Waals surface area contributed by atoms with E-state index in [1.165, 1.54) is 13.1 Å². The van der Waals surface area contributed by atoms with Gasteiger partial charge in [-0.3, -0.25) is 9.59 Å². The van der Waals surface area contributed by atoms with Crippen molar-refractivity contribution in [3.05, 3.63) is 49.8 Å². The quantitative estimate of drug-likeness (QED) is 0.601. The SMILES string of the molecule is Cn1nc(C(=O)N2CC(O)(C3CCCCN3)C2)c(Nc2ccc(Br)cc2Cl)cc1=O. The predicted molar refractivity (Wildman–Crippen MR) is 118 cm³/mol. The number of nitrogens with zero attached hydrogens (tertiary/aromatic N) is 3. The van der Waals surface area contributed by atoms with Gasteiger partial charge in [0.1, 0.15) is 5.60 Å². The lowest BCUT2D eigenvalue weighted by Gasteiger charge is -2.51. The number of anilines is 2. The van der Waals surface area contributed by atoms with Gasteiger partial charge in [-0.1, -0.05) is 34.0 Å². The number of piperidine rings is 1. The molecule has 3 heterocycles. The van der Waals surface area contributed by atoms with E-state index in [1.54, 1.807) is 23.1 Å². The van der Waals surface area contributed by atoms with Gasteiger partial charge in [-0.25, -0.2) is 4.68 Å². The number of carbonyl (C=O) groups excluding carboxylic acids is 1. The van der Waals surface area contributed by atoms with Gasteiger partial charge >= 0.3 is 0 Å². The minimum absolute atomic E-state index is 0.0115. The van der Waals surface area contributed by atoms with Crippen molar-refractivity contribution in [2.24, 2.45) is 7.05 Å². The first-order valence-corrected chi connectivity index (χ1v) is 11.0. The van der Waals surface area contributed by atoms with E-state index in [1.807, 2.05) is 0 Å². The molecule has 10 heteroatoms. The average Bonchev–Trinajstić information content (AvgIpc) is 2.70. The van der Waals surface area contributed by atoms with Crippen LogP contribution in [0.3, 0.4) is 0 Å². The maximum absolute atomic E-state index is 13.1. The van der Waals surface area contributed by atoms with Crippen molar-refractivity contribution < 1.29 is 9.90 Å². The third kappa shape index (κ3) is 4.12. The number of likely N-dealkylation sites (tertiary alicyclic amines) is 1. The van der Waals surface area contributed by atoms with Crippen LogP contribution in [0.25, 0.3) is 0 Å². The first-order valence-electron chi connectivity index (χ1n) is 9.82. The highest BCUT2D eigenvalue weighted by molar-refractivity contribution is 9.10. The summed E-state index contributed by atoms with van der Waals surface area (Å²) >= 11 is 9.63. The van der Waals surface area contributed by atoms with Crippen molar-refractivity contribution in [3.8, 4) is 0 Å². The van der Waals surface area contributed by atoms with Gasteiger partial charge < -0.3 is 20.6 Å². The third-order valence-electron chi connectivity index (χ3n) is 5.67. The summed E-state index contributed by atoms with van der Waals surface area (Å²) in [5, 5.41) is 21.9. The number of carbonyl (C=O) groups is 1. The van der Waals surface area contributed by atoms with Crippen LogP contribution in [0.5, 0.6) is 0 Å². The van der Waals surface area contributed by atoms with E-state index in [2.05, 4.69) is 31.7 Å². The summed E-state index contributed by atoms with van der Waals surface area (Å²) in [6.45, 7) is 1.34. The van der Waals surface area contributed by atoms with Crippen LogP contribution in [-0.4, -0.2) is 57.0 Å². The van der Waals surface area contributed by atoms with Crippen LogP contribution in [0.1, 0.15) is 29.8 Å². The molecule has 0 saturated carbocycles. The minimum Gasteiger partial charge on any atom is -0.385 e. The lowest BCUT2D eigenvalue weighted by molar-refractivity contribution is -0.108. The molecule has 0 bridgehead atoms. The summed E-state index contributed by atoms with van der Waals surface area (Å²) in [4.78, 5) is 26.9. The second-order valence-corrected chi connectivity index (χ2v) is 9.21. The van der Waals surface area contributed by atoms with Crippen molar-refractivity contribution >= 4 is 44.8 Å². The molecule has 3 N–H and O–H groups in total. The fourth-order valence-electron chi connectivity index (χ4n) is 3.97. The summed E-state index contributed by atoms with van der Waals surface area (Å²) in [5.41, 5.74) is -0.350. The summed E-state index contributed by atoms with van der Waals surface area (Å²) in [6.07, 6.45) is 3.06. The number of aliphatic hydroxyl groups is 1. The molecule has 1 amide bonds. The Labute approximate surface area is 187 Å². The molecule has 1 aromatic carbocycles. The van der Waals surface area contributed by atoms with Crippen LogP contribution in [0.2, 0.25) is 5.02 Å². The van der Waals surface area contributed by atoms with E-state index >= 15 is 0 Å². The smallest absolute Gasteiger partial charge is 0.276 e. The monoisotopic (exact) mass is 495 g/mol. The Hall–Kier alpha value is -1.94. The molecule has 30 heavy (non-hydrogen) atoms. The van der Waals surface area contributed by atoms with E-state index in [-0.39, 0.29) is 42.0 Å². The average molecular weight is 497 g/mol. The summed E-state index contributed by atoms with van der Waals surface area (Å²) in [5.74, 6) is -0.346. The zero-order chi connectivity index (χ0) is 21.5. The van der Waals surface area contributed by atoms with Crippen molar-refractivity contribution in [3.63, 3.8) is 0 Å². The van der Waals surface area contributed by atoms with Gasteiger partial charge in [0.15, 0.2) is 5.69 Å². The van der Waals surface area contributed by atoms with Gasteiger partial charge in [-0.05, 0) is 37.6 Å². The molecule has 0 aliphatic carbocycles. The second kappa shape index (κ2) is 8.30. The molecular weight excluding hydrogens is 474 g/mol. The number of nitrogens with one attached hydrogen (secondary N) is 2. The zero-order valence-corrected chi connectivity index (χ0v) is 18.8. The molecule has 1 unspecified atom stereocenters. The molecule has 0 radical (unpaired) electrons. The first-order chi connectivity index (χ1) is 14.3. The lowest BCUT2D eigenvalue weighted by atomic mass is 9.81. The fourth-order valence-corrected chi connectivity index (χ4v) is 4.69. The van der Waals surface area contributed by atoms with Gasteiger partial charge in [0.2, 0.25) is 0 Å². The Kier molecular flexibility index (Phi) is 5.89. The minimum atomic E-state index is -0.931. The summed E-state index contributed by atoms with van der Waals surface area (Å²) in [6, 6.07) is 6.58. The molecule has 2 aliphatic heterocycles. The lowest BCUT2D eigenvalue weighted by Crippen LogP contribution is -2.72. The van der Waals surface area contributed by atoms with Crippen LogP contribution in [0, 0.1) is 0 Å². The highest BCUT2D eigenvalue weighted by atomic mass is 79.9. The zero-order valence-electron chi connectivity index (χ0n) is 16.5. The molecule has 2 aliphatic rings. The number of rotatable bonds is 4. The molecule has 2 fully saturated rings. The molecule has 4 rings (SSSR count). The highest BCUT2D eigenvalue weighted by Gasteiger charge is 2.50. The molecule has 1 atom stereocenters. The van der Waals surface area contributed by atoms with Crippen molar-refractivity contribution in [2.45, 2.75) is 30.9 Å². The molecule has 8 nitrogen and oxygen atoms in total. The van der Waals surface area contributed by atoms with E-state index < -0.39 is 5.60 Å². The van der Waals surface area contributed by atoms with E-state index in [0.717, 1.165) is 35.0 Å². The van der Waals surface area contributed by atoms with Gasteiger partial charge in [-0.15, -0.1) is 0 Å². The molecular formula is C20H23BrClN5O3. The number of β-amino-alcohol motifs (C(OH)–C–C–N with tert-alkyl or cyclic N) is 1. The number of benzene rings is 1. The number of halogens is 2. The largest absolute Gasteiger partial charge is 0.385 e. The van der Waals surface area contributed by atoms with Crippen LogP contribution >= 0.6 is 27.5 Å². The standard InChI is InChI=1S/C20H23BrClN5O3/c1-26-17(28)9-15(24-14-6-5-12(21)8-13(14)22)18(25-26)19(29)27-10-20(30,11-27)16-4-2-3-7-23-16/h5-6,8-9,16,23-24,30H,2-4,7,10-11H2,1H3. The number of aromatic nitrogens is 2. The van der Waals surface area contributed by atoms with E-state index in [0.29, 0.717) is 10.7 Å². The van der Waals surface area contributed by atoms with E-state index in [9.17, 15) is 14.7 Å². The van der Waals surface area contributed by atoms with Crippen LogP contribution < -0.4 is 16.2 Å². The van der Waals surface area contributed by atoms with E-state index in [4.69, 9.17) is 11.6 Å². The maximum Gasteiger partial charge on any atom is 0.276 e. The van der Waals surface area contributed by atoms with Gasteiger partial charge in [0.25, 0.3) is 11.5 Å². The topological polar surface area (TPSA) is 99.5 Å². The Morgan fingerprint density at radius 2 is 2.10 bits per heavy atom. The van der Waals surface area contributed by atoms with Crippen molar-refractivity contribution in [1.82, 2.24) is 20.0 Å². The normalized spacial score (nSPS) is 20.5. The van der Waals surface area contributed by atoms with Gasteiger partial charge in [0.05, 0.1) is 29.5 Å². The van der Waals surface area contributed by atoms with Crippen molar-refractivity contribution in [1.29, 1.82) is 0 Å². The maximum atomic E-state index is 13.1. The highest BCUT2D eigenvalue weighted by Crippen LogP contribution is 2.32. The summed E-state index contributed by atoms with van der Waals surface area (Å²) < 4.78 is 1.93. The fraction of sp³-hybridized carbons (Fsp3) is 0.450. The Morgan fingerprint density at radius 3 is 2.77 bits per heavy atom. The van der Waals surface area contributed by atoms with Crippen LogP contribution in [0.15, 0.2) is 33.5 Å². The summed E-state index contributed by atoms with van der Waals surface area (Å²) in [7, 11) is 1.49. The third-order valence-corrected chi connectivity index (χ3v) is 6.48. The molecule has 2 aromatic rings. The first kappa shape index (κ1) is 21.3. The van der Waals surface area contributed by atoms with Gasteiger partial charge in [-0.2, -0.15) is 5.10 Å². The molecule has 2 saturated heterocycles. The number of amides is 1. The van der Waals surface area contributed by atoms with Gasteiger partial charge in [0, 0.05) is 23.6 Å². The number of hydrogen-bond donors (Lipinski definition) is 3. The number of hydrogen-bond acceptors (Lipinski definition) is 6. The van der Waals surface area contributed by atoms with Crippen LogP contribution in [0.4, 0.5) is 11.4 Å². The molecule has 160 valence electrons. The Morgan fingerprint density at radius 1 is 1.33 bits per heavy atom. The molecule has 1 aromatic heterocycles. The number of aryl methyl sites for hydroxylation is 1. The Bertz CT molecular complexity index is 1030.